The van der Waals surface area contributed by atoms with Crippen LogP contribution in [-0.2, 0) is 17.7 Å². The summed E-state index contributed by atoms with van der Waals surface area (Å²) in [6.07, 6.45) is 7.68. The second-order valence-corrected chi connectivity index (χ2v) is 5.14. The number of aliphatic hydroxyl groups excluding tert-OH is 1. The van der Waals surface area contributed by atoms with Crippen LogP contribution in [0.4, 0.5) is 0 Å². The van der Waals surface area contributed by atoms with Crippen molar-refractivity contribution in [1.29, 1.82) is 0 Å². The number of aryl methyl sites for hydroxylation is 1. The topological polar surface area (TPSA) is 47.3 Å². The molecule has 1 saturated carbocycles. The van der Waals surface area contributed by atoms with Gasteiger partial charge in [0.15, 0.2) is 0 Å². The van der Waals surface area contributed by atoms with Gasteiger partial charge in [0.25, 0.3) is 0 Å². The summed E-state index contributed by atoms with van der Waals surface area (Å²) >= 11 is 0. The second-order valence-electron chi connectivity index (χ2n) is 5.14. The zero-order valence-corrected chi connectivity index (χ0v) is 11.4. The Balaban J connectivity index is 1.71. The molecule has 1 aliphatic rings. The predicted molar refractivity (Wildman–Crippen MR) is 70.4 cm³/mol. The summed E-state index contributed by atoms with van der Waals surface area (Å²) in [6.45, 7) is 5.84. The first-order valence-electron chi connectivity index (χ1n) is 7.02. The summed E-state index contributed by atoms with van der Waals surface area (Å²) in [5.41, 5.74) is 0. The molecule has 0 saturated heterocycles. The van der Waals surface area contributed by atoms with Crippen LogP contribution < -0.4 is 0 Å². The van der Waals surface area contributed by atoms with Crippen molar-refractivity contribution in [3.8, 4) is 0 Å². The third-order valence-corrected chi connectivity index (χ3v) is 3.76. The molecule has 0 radical (unpaired) electrons. The fourth-order valence-electron chi connectivity index (χ4n) is 2.74. The van der Waals surface area contributed by atoms with Crippen LogP contribution in [0.3, 0.4) is 0 Å². The lowest BCUT2D eigenvalue weighted by atomic mass is 9.78. The molecule has 1 atom stereocenters. The summed E-state index contributed by atoms with van der Waals surface area (Å²) in [4.78, 5) is 4.30. The predicted octanol–water partition coefficient (Wildman–Crippen LogP) is 2.01. The molecule has 0 aromatic carbocycles. The minimum atomic E-state index is -0.273. The lowest BCUT2D eigenvalue weighted by Crippen LogP contribution is -2.34. The minimum Gasteiger partial charge on any atom is -0.393 e. The van der Waals surface area contributed by atoms with E-state index >= 15 is 0 Å². The van der Waals surface area contributed by atoms with E-state index in [0.717, 1.165) is 38.2 Å². The zero-order chi connectivity index (χ0) is 13.0. The molecule has 4 heteroatoms. The van der Waals surface area contributed by atoms with Crippen LogP contribution in [-0.4, -0.2) is 33.5 Å². The molecule has 1 fully saturated rings. The number of hydrogen-bond donors (Lipinski definition) is 1. The number of hydrogen-bond acceptors (Lipinski definition) is 3. The molecular formula is C14H24N2O2. The average Bonchev–Trinajstić information content (AvgIpc) is 2.73. The van der Waals surface area contributed by atoms with Gasteiger partial charge in [0, 0.05) is 32.0 Å². The number of aliphatic hydroxyl groups is 1. The highest BCUT2D eigenvalue weighted by atomic mass is 16.5. The molecule has 1 aliphatic carbocycles. The Morgan fingerprint density at radius 2 is 2.28 bits per heavy atom. The van der Waals surface area contributed by atoms with Crippen molar-refractivity contribution < 1.29 is 9.84 Å². The van der Waals surface area contributed by atoms with Crippen LogP contribution in [0.1, 0.15) is 38.9 Å². The number of rotatable bonds is 7. The monoisotopic (exact) mass is 252 g/mol. The SMILES string of the molecule is CCOC1CC(CC(O)Cc2nccn2CC)C1. The van der Waals surface area contributed by atoms with Crippen LogP contribution in [0.25, 0.3) is 0 Å². The normalized spacial score (nSPS) is 24.8. The van der Waals surface area contributed by atoms with Crippen molar-refractivity contribution in [2.24, 2.45) is 5.92 Å². The van der Waals surface area contributed by atoms with Gasteiger partial charge in [-0.1, -0.05) is 0 Å². The molecule has 0 bridgehead atoms. The molecule has 1 aromatic heterocycles. The molecule has 102 valence electrons. The molecule has 1 heterocycles. The molecule has 1 aromatic rings. The van der Waals surface area contributed by atoms with Gasteiger partial charge in [0.1, 0.15) is 5.82 Å². The Hall–Kier alpha value is -0.870. The molecule has 0 aliphatic heterocycles. The summed E-state index contributed by atoms with van der Waals surface area (Å²) in [6, 6.07) is 0. The molecule has 18 heavy (non-hydrogen) atoms. The Morgan fingerprint density at radius 1 is 1.50 bits per heavy atom. The van der Waals surface area contributed by atoms with Crippen molar-refractivity contribution in [1.82, 2.24) is 9.55 Å². The minimum absolute atomic E-state index is 0.273. The van der Waals surface area contributed by atoms with Crippen LogP contribution in [0.5, 0.6) is 0 Å². The van der Waals surface area contributed by atoms with Gasteiger partial charge in [-0.15, -0.1) is 0 Å². The molecule has 2 rings (SSSR count). The molecule has 4 nitrogen and oxygen atoms in total. The molecule has 0 spiro atoms. The van der Waals surface area contributed by atoms with E-state index in [1.165, 1.54) is 0 Å². The number of ether oxygens (including phenoxy) is 1. The van der Waals surface area contributed by atoms with Crippen molar-refractivity contribution in [3.63, 3.8) is 0 Å². The van der Waals surface area contributed by atoms with Gasteiger partial charge in [-0.05, 0) is 39.0 Å². The maximum Gasteiger partial charge on any atom is 0.111 e. The first kappa shape index (κ1) is 13.6. The van der Waals surface area contributed by atoms with Crippen LogP contribution in [0.15, 0.2) is 12.4 Å². The highest BCUT2D eigenvalue weighted by Crippen LogP contribution is 2.33. The standard InChI is InChI=1S/C14H24N2O2/c1-3-16-6-5-15-14(16)10-12(17)7-11-8-13(9-11)18-4-2/h5-6,11-13,17H,3-4,7-10H2,1-2H3. The lowest BCUT2D eigenvalue weighted by Gasteiger charge is -2.36. The average molecular weight is 252 g/mol. The first-order chi connectivity index (χ1) is 8.72. The third kappa shape index (κ3) is 3.33. The van der Waals surface area contributed by atoms with E-state index in [9.17, 15) is 5.11 Å². The quantitative estimate of drug-likeness (QED) is 0.807. The summed E-state index contributed by atoms with van der Waals surface area (Å²) in [5.74, 6) is 1.62. The van der Waals surface area contributed by atoms with Gasteiger partial charge in [-0.3, -0.25) is 0 Å². The molecule has 1 N–H and O–H groups in total. The number of imidazole rings is 1. The zero-order valence-electron chi connectivity index (χ0n) is 11.4. The molecule has 0 amide bonds. The lowest BCUT2D eigenvalue weighted by molar-refractivity contribution is -0.0377. The van der Waals surface area contributed by atoms with E-state index in [1.54, 1.807) is 6.20 Å². The Bertz CT molecular complexity index is 358. The Morgan fingerprint density at radius 3 is 2.94 bits per heavy atom. The van der Waals surface area contributed by atoms with E-state index in [4.69, 9.17) is 4.74 Å². The third-order valence-electron chi connectivity index (χ3n) is 3.76. The second kappa shape index (κ2) is 6.34. The van der Waals surface area contributed by atoms with Gasteiger partial charge in [0.05, 0.1) is 12.2 Å². The van der Waals surface area contributed by atoms with Crippen molar-refractivity contribution in [3.05, 3.63) is 18.2 Å². The van der Waals surface area contributed by atoms with Gasteiger partial charge < -0.3 is 14.4 Å². The van der Waals surface area contributed by atoms with Crippen LogP contribution in [0, 0.1) is 5.92 Å². The summed E-state index contributed by atoms with van der Waals surface area (Å²) in [5, 5.41) is 10.1. The number of nitrogens with zero attached hydrogens (tertiary/aromatic N) is 2. The van der Waals surface area contributed by atoms with E-state index in [2.05, 4.69) is 16.5 Å². The van der Waals surface area contributed by atoms with E-state index in [0.29, 0.717) is 18.4 Å². The van der Waals surface area contributed by atoms with Gasteiger partial charge in [-0.2, -0.15) is 0 Å². The van der Waals surface area contributed by atoms with Gasteiger partial charge >= 0.3 is 0 Å². The highest BCUT2D eigenvalue weighted by molar-refractivity contribution is 4.95. The van der Waals surface area contributed by atoms with Crippen molar-refractivity contribution >= 4 is 0 Å². The highest BCUT2D eigenvalue weighted by Gasteiger charge is 2.31. The van der Waals surface area contributed by atoms with E-state index in [-0.39, 0.29) is 6.10 Å². The number of aromatic nitrogens is 2. The van der Waals surface area contributed by atoms with E-state index < -0.39 is 0 Å². The van der Waals surface area contributed by atoms with Crippen LogP contribution in [0.2, 0.25) is 0 Å². The van der Waals surface area contributed by atoms with Crippen molar-refractivity contribution in [2.45, 2.75) is 58.3 Å². The van der Waals surface area contributed by atoms with Crippen molar-refractivity contribution in [2.75, 3.05) is 6.61 Å². The van der Waals surface area contributed by atoms with Gasteiger partial charge in [-0.25, -0.2) is 4.98 Å². The fraction of sp³-hybridized carbons (Fsp3) is 0.786. The summed E-state index contributed by atoms with van der Waals surface area (Å²) < 4.78 is 7.62. The largest absolute Gasteiger partial charge is 0.393 e. The first-order valence-corrected chi connectivity index (χ1v) is 7.02. The fourth-order valence-corrected chi connectivity index (χ4v) is 2.74. The van der Waals surface area contributed by atoms with E-state index in [1.807, 2.05) is 13.1 Å². The smallest absolute Gasteiger partial charge is 0.111 e. The summed E-state index contributed by atoms with van der Waals surface area (Å²) in [7, 11) is 0. The molecular weight excluding hydrogens is 228 g/mol. The Labute approximate surface area is 109 Å². The maximum atomic E-state index is 10.1. The maximum absolute atomic E-state index is 10.1. The Kier molecular flexibility index (Phi) is 4.78. The molecule has 1 unspecified atom stereocenters. The van der Waals surface area contributed by atoms with Crippen LogP contribution >= 0.6 is 0 Å². The van der Waals surface area contributed by atoms with Gasteiger partial charge in [0.2, 0.25) is 0 Å².